The van der Waals surface area contributed by atoms with Crippen molar-refractivity contribution in [1.82, 2.24) is 20.8 Å². The molecule has 2 unspecified atom stereocenters. The molecule has 0 spiro atoms. The molecule has 0 aliphatic carbocycles. The SMILES string of the molecule is O=C(CN1N=CN2NC(c3ccccc3)CC2C1=O)NCc1ccc(F)cc1. The van der Waals surface area contributed by atoms with E-state index in [4.69, 9.17) is 0 Å². The van der Waals surface area contributed by atoms with Crippen LogP contribution in [0.15, 0.2) is 59.7 Å². The van der Waals surface area contributed by atoms with Gasteiger partial charge in [-0.2, -0.15) is 5.10 Å². The van der Waals surface area contributed by atoms with Crippen molar-refractivity contribution in [2.75, 3.05) is 6.54 Å². The van der Waals surface area contributed by atoms with Crippen molar-refractivity contribution in [3.8, 4) is 0 Å². The number of nitrogens with zero attached hydrogens (tertiary/aromatic N) is 3. The first kappa shape index (κ1) is 18.1. The molecular weight excluding hydrogens is 361 g/mol. The molecule has 2 amide bonds. The van der Waals surface area contributed by atoms with Gasteiger partial charge in [-0.05, 0) is 29.7 Å². The van der Waals surface area contributed by atoms with Gasteiger partial charge in [-0.3, -0.25) is 14.6 Å². The third-order valence-electron chi connectivity index (χ3n) is 4.85. The van der Waals surface area contributed by atoms with Crippen molar-refractivity contribution < 1.29 is 14.0 Å². The Morgan fingerprint density at radius 2 is 1.93 bits per heavy atom. The van der Waals surface area contributed by atoms with E-state index in [-0.39, 0.29) is 36.8 Å². The number of benzene rings is 2. The molecule has 2 aliphatic rings. The van der Waals surface area contributed by atoms with Crippen molar-refractivity contribution in [3.63, 3.8) is 0 Å². The highest BCUT2D eigenvalue weighted by atomic mass is 19.1. The van der Waals surface area contributed by atoms with Crippen LogP contribution in [0.3, 0.4) is 0 Å². The van der Waals surface area contributed by atoms with Crippen molar-refractivity contribution in [3.05, 3.63) is 71.5 Å². The minimum atomic E-state index is -0.396. The van der Waals surface area contributed by atoms with Gasteiger partial charge >= 0.3 is 0 Å². The number of amides is 2. The average molecular weight is 381 g/mol. The number of hydrogen-bond donors (Lipinski definition) is 2. The second-order valence-corrected chi connectivity index (χ2v) is 6.78. The van der Waals surface area contributed by atoms with E-state index in [1.165, 1.54) is 17.1 Å². The van der Waals surface area contributed by atoms with Gasteiger partial charge in [0.1, 0.15) is 24.7 Å². The molecule has 1 saturated heterocycles. The van der Waals surface area contributed by atoms with Crippen LogP contribution in [0.5, 0.6) is 0 Å². The largest absolute Gasteiger partial charge is 0.350 e. The Bertz CT molecular complexity index is 887. The zero-order chi connectivity index (χ0) is 19.5. The standard InChI is InChI=1S/C20H20FN5O2/c21-16-8-6-14(7-9-16)11-22-19(27)12-25-20(28)18-10-17(24-26(18)13-23-25)15-4-2-1-3-5-15/h1-9,13,17-18,24H,10-12H2,(H,22,27). The third kappa shape index (κ3) is 3.86. The van der Waals surface area contributed by atoms with Gasteiger partial charge in [-0.1, -0.05) is 42.5 Å². The van der Waals surface area contributed by atoms with Crippen molar-refractivity contribution in [2.45, 2.75) is 25.0 Å². The van der Waals surface area contributed by atoms with E-state index in [0.717, 1.165) is 11.1 Å². The lowest BCUT2D eigenvalue weighted by Gasteiger charge is -2.29. The normalized spacial score (nSPS) is 21.0. The first-order valence-corrected chi connectivity index (χ1v) is 9.06. The topological polar surface area (TPSA) is 77.0 Å². The summed E-state index contributed by atoms with van der Waals surface area (Å²) in [5, 5.41) is 9.71. The van der Waals surface area contributed by atoms with Crippen molar-refractivity contribution in [1.29, 1.82) is 0 Å². The molecule has 28 heavy (non-hydrogen) atoms. The number of hydrogen-bond acceptors (Lipinski definition) is 5. The molecule has 0 bridgehead atoms. The maximum absolute atomic E-state index is 12.9. The summed E-state index contributed by atoms with van der Waals surface area (Å²) in [6, 6.07) is 15.4. The van der Waals surface area contributed by atoms with Crippen LogP contribution >= 0.6 is 0 Å². The minimum absolute atomic E-state index is 0.0221. The summed E-state index contributed by atoms with van der Waals surface area (Å²) in [6.07, 6.45) is 2.14. The van der Waals surface area contributed by atoms with Gasteiger partial charge in [0, 0.05) is 6.54 Å². The second kappa shape index (κ2) is 7.77. The quantitative estimate of drug-likeness (QED) is 0.824. The molecule has 7 nitrogen and oxygen atoms in total. The summed E-state index contributed by atoms with van der Waals surface area (Å²) in [6.45, 7) is 0.106. The molecule has 0 aromatic heterocycles. The summed E-state index contributed by atoms with van der Waals surface area (Å²) in [5.74, 6) is -0.869. The second-order valence-electron chi connectivity index (χ2n) is 6.78. The van der Waals surface area contributed by atoms with Gasteiger partial charge in [0.25, 0.3) is 5.91 Å². The molecule has 2 aromatic rings. The van der Waals surface area contributed by atoms with Crippen LogP contribution in [0.2, 0.25) is 0 Å². The number of carbonyl (C=O) groups excluding carboxylic acids is 2. The number of nitrogens with one attached hydrogen (secondary N) is 2. The Hall–Kier alpha value is -3.26. The Balaban J connectivity index is 1.33. The fraction of sp³-hybridized carbons (Fsp3) is 0.250. The van der Waals surface area contributed by atoms with E-state index in [0.29, 0.717) is 6.42 Å². The molecule has 2 heterocycles. The Morgan fingerprint density at radius 3 is 2.68 bits per heavy atom. The fourth-order valence-electron chi connectivity index (χ4n) is 3.35. The van der Waals surface area contributed by atoms with Gasteiger partial charge in [-0.25, -0.2) is 14.8 Å². The maximum atomic E-state index is 12.9. The van der Waals surface area contributed by atoms with Crippen LogP contribution in [-0.4, -0.2) is 40.8 Å². The summed E-state index contributed by atoms with van der Waals surface area (Å²) in [5.41, 5.74) is 5.15. The number of rotatable bonds is 5. The average Bonchev–Trinajstić information content (AvgIpc) is 3.16. The maximum Gasteiger partial charge on any atom is 0.267 e. The third-order valence-corrected chi connectivity index (χ3v) is 4.85. The van der Waals surface area contributed by atoms with E-state index in [2.05, 4.69) is 15.8 Å². The lowest BCUT2D eigenvalue weighted by atomic mass is 10.0. The number of halogens is 1. The molecule has 2 N–H and O–H groups in total. The van der Waals surface area contributed by atoms with Gasteiger partial charge < -0.3 is 5.32 Å². The first-order chi connectivity index (χ1) is 13.6. The number of carbonyl (C=O) groups is 2. The van der Waals surface area contributed by atoms with E-state index in [1.807, 2.05) is 30.3 Å². The minimum Gasteiger partial charge on any atom is -0.350 e. The summed E-state index contributed by atoms with van der Waals surface area (Å²) >= 11 is 0. The van der Waals surface area contributed by atoms with Crippen molar-refractivity contribution >= 4 is 18.2 Å². The van der Waals surface area contributed by atoms with E-state index in [9.17, 15) is 14.0 Å². The summed E-state index contributed by atoms with van der Waals surface area (Å²) in [4.78, 5) is 24.9. The summed E-state index contributed by atoms with van der Waals surface area (Å²) in [7, 11) is 0. The first-order valence-electron chi connectivity index (χ1n) is 9.06. The zero-order valence-corrected chi connectivity index (χ0v) is 15.1. The lowest BCUT2D eigenvalue weighted by Crippen LogP contribution is -2.52. The van der Waals surface area contributed by atoms with Crippen LogP contribution in [0.1, 0.15) is 23.6 Å². The van der Waals surface area contributed by atoms with Gasteiger partial charge in [-0.15, -0.1) is 0 Å². The van der Waals surface area contributed by atoms with Crippen LogP contribution in [-0.2, 0) is 16.1 Å². The van der Waals surface area contributed by atoms with Crippen LogP contribution in [0, 0.1) is 5.82 Å². The van der Waals surface area contributed by atoms with Gasteiger partial charge in [0.05, 0.1) is 6.04 Å². The molecule has 144 valence electrons. The van der Waals surface area contributed by atoms with E-state index in [1.54, 1.807) is 23.5 Å². The lowest BCUT2D eigenvalue weighted by molar-refractivity contribution is -0.140. The highest BCUT2D eigenvalue weighted by Crippen LogP contribution is 2.29. The predicted octanol–water partition coefficient (Wildman–Crippen LogP) is 1.55. The molecule has 0 radical (unpaired) electrons. The Kier molecular flexibility index (Phi) is 5.03. The number of fused-ring (bicyclic) bond motifs is 1. The van der Waals surface area contributed by atoms with E-state index < -0.39 is 6.04 Å². The molecule has 2 aromatic carbocycles. The fourth-order valence-corrected chi connectivity index (χ4v) is 3.35. The van der Waals surface area contributed by atoms with Gasteiger partial charge in [0.2, 0.25) is 5.91 Å². The molecule has 2 aliphatic heterocycles. The smallest absolute Gasteiger partial charge is 0.267 e. The molecule has 1 fully saturated rings. The number of hydrazine groups is 1. The summed E-state index contributed by atoms with van der Waals surface area (Å²) < 4.78 is 12.9. The molecule has 4 rings (SSSR count). The Morgan fingerprint density at radius 1 is 1.18 bits per heavy atom. The van der Waals surface area contributed by atoms with Crippen LogP contribution in [0.25, 0.3) is 0 Å². The van der Waals surface area contributed by atoms with Gasteiger partial charge in [0.15, 0.2) is 0 Å². The zero-order valence-electron chi connectivity index (χ0n) is 15.1. The van der Waals surface area contributed by atoms with Crippen LogP contribution in [0.4, 0.5) is 4.39 Å². The highest BCUT2D eigenvalue weighted by Gasteiger charge is 2.41. The molecular formula is C20H20FN5O2. The monoisotopic (exact) mass is 381 g/mol. The molecule has 0 saturated carbocycles. The van der Waals surface area contributed by atoms with Crippen LogP contribution < -0.4 is 10.7 Å². The number of hydrazone groups is 1. The molecule has 2 atom stereocenters. The van der Waals surface area contributed by atoms with Crippen molar-refractivity contribution in [2.24, 2.45) is 5.10 Å². The van der Waals surface area contributed by atoms with E-state index >= 15 is 0 Å². The molecule has 8 heteroatoms. The predicted molar refractivity (Wildman–Crippen MR) is 101 cm³/mol. The Labute approximate surface area is 161 Å². The highest BCUT2D eigenvalue weighted by molar-refractivity contribution is 5.91.